The fraction of sp³-hybridized carbons (Fsp3) is 0.167. The van der Waals surface area contributed by atoms with Crippen LogP contribution in [-0.4, -0.2) is 25.6 Å². The number of carbonyl (C=O) groups is 1. The number of amides is 1. The summed E-state index contributed by atoms with van der Waals surface area (Å²) in [5.41, 5.74) is 2.54. The fourth-order valence-corrected chi connectivity index (χ4v) is 4.20. The average Bonchev–Trinajstić information content (AvgIpc) is 3.15. The van der Waals surface area contributed by atoms with E-state index in [9.17, 15) is 13.2 Å². The van der Waals surface area contributed by atoms with Crippen LogP contribution in [0.2, 0.25) is 0 Å². The van der Waals surface area contributed by atoms with Gasteiger partial charge >= 0.3 is 6.01 Å². The maximum Gasteiger partial charge on any atom is 0.302 e. The molecule has 0 bridgehead atoms. The Morgan fingerprint density at radius 2 is 1.68 bits per heavy atom. The predicted molar refractivity (Wildman–Crippen MR) is 120 cm³/mol. The number of carbonyl (C=O) groups excluding carboxylic acids is 1. The molecule has 31 heavy (non-hydrogen) atoms. The monoisotopic (exact) mass is 434 g/mol. The van der Waals surface area contributed by atoms with Crippen LogP contribution in [-0.2, 0) is 20.0 Å². The summed E-state index contributed by atoms with van der Waals surface area (Å²) in [5.74, 6) is -0.336. The van der Waals surface area contributed by atoms with Gasteiger partial charge in [-0.25, -0.2) is 8.42 Å². The fourth-order valence-electron chi connectivity index (χ4n) is 3.57. The van der Waals surface area contributed by atoms with Crippen LogP contribution in [0.15, 0.2) is 82.1 Å². The van der Waals surface area contributed by atoms with Gasteiger partial charge < -0.3 is 4.42 Å². The molecule has 1 N–H and O–H groups in total. The summed E-state index contributed by atoms with van der Waals surface area (Å²) in [5, 5.41) is 2.80. The number of nitrogens with zero attached hydrogens (tertiary/aromatic N) is 1. The number of para-hydroxylation sites is 2. The lowest BCUT2D eigenvalue weighted by Crippen LogP contribution is -2.39. The summed E-state index contributed by atoms with van der Waals surface area (Å²) in [6, 6.07) is 21.4. The highest BCUT2D eigenvalue weighted by Crippen LogP contribution is 2.35. The Hall–Kier alpha value is -3.45. The van der Waals surface area contributed by atoms with Crippen LogP contribution in [0.5, 0.6) is 0 Å². The number of anilines is 1. The van der Waals surface area contributed by atoms with E-state index in [1.807, 2.05) is 43.3 Å². The average molecular weight is 435 g/mol. The Balaban J connectivity index is 1.79. The van der Waals surface area contributed by atoms with Crippen molar-refractivity contribution in [1.29, 1.82) is 0 Å². The van der Waals surface area contributed by atoms with Gasteiger partial charge in [-0.1, -0.05) is 54.1 Å². The zero-order valence-electron chi connectivity index (χ0n) is 17.4. The first kappa shape index (κ1) is 20.8. The van der Waals surface area contributed by atoms with E-state index in [4.69, 9.17) is 4.42 Å². The number of rotatable bonds is 5. The molecule has 6 nitrogen and oxygen atoms in total. The minimum Gasteiger partial charge on any atom is -0.423 e. The van der Waals surface area contributed by atoms with Gasteiger partial charge in [0.15, 0.2) is 15.4 Å². The molecule has 0 spiro atoms. The molecule has 158 valence electrons. The van der Waals surface area contributed by atoms with Gasteiger partial charge in [0.05, 0.1) is 10.3 Å². The third kappa shape index (κ3) is 3.96. The van der Waals surface area contributed by atoms with Crippen LogP contribution in [0.4, 0.5) is 6.01 Å². The molecule has 0 aliphatic heterocycles. The number of sulfone groups is 1. The van der Waals surface area contributed by atoms with Gasteiger partial charge in [-0.2, -0.15) is 4.98 Å². The molecule has 7 heteroatoms. The number of oxazole rings is 1. The van der Waals surface area contributed by atoms with Crippen molar-refractivity contribution in [3.8, 4) is 0 Å². The molecular weight excluding hydrogens is 412 g/mol. The van der Waals surface area contributed by atoms with Gasteiger partial charge in [-0.05, 0) is 49.2 Å². The lowest BCUT2D eigenvalue weighted by molar-refractivity contribution is -0.119. The van der Waals surface area contributed by atoms with Crippen molar-refractivity contribution in [2.75, 3.05) is 11.6 Å². The number of hydrogen-bond acceptors (Lipinski definition) is 5. The van der Waals surface area contributed by atoms with E-state index in [-0.39, 0.29) is 16.8 Å². The molecule has 1 amide bonds. The molecule has 0 radical (unpaired) electrons. The van der Waals surface area contributed by atoms with E-state index < -0.39 is 15.3 Å². The second kappa shape index (κ2) is 7.67. The molecule has 1 heterocycles. The van der Waals surface area contributed by atoms with Gasteiger partial charge in [-0.3, -0.25) is 10.1 Å². The minimum atomic E-state index is -3.35. The van der Waals surface area contributed by atoms with Crippen LogP contribution >= 0.6 is 0 Å². The van der Waals surface area contributed by atoms with Gasteiger partial charge in [0.2, 0.25) is 5.91 Å². The molecule has 0 fully saturated rings. The van der Waals surface area contributed by atoms with E-state index >= 15 is 0 Å². The van der Waals surface area contributed by atoms with Crippen molar-refractivity contribution in [2.24, 2.45) is 0 Å². The molecule has 1 unspecified atom stereocenters. The second-order valence-corrected chi connectivity index (χ2v) is 9.75. The first-order valence-corrected chi connectivity index (χ1v) is 11.6. The summed E-state index contributed by atoms with van der Waals surface area (Å²) in [7, 11) is -3.35. The number of fused-ring (bicyclic) bond motifs is 1. The summed E-state index contributed by atoms with van der Waals surface area (Å²) in [4.78, 5) is 18.1. The Labute approximate surface area is 180 Å². The molecule has 3 aromatic carbocycles. The maximum atomic E-state index is 13.6. The van der Waals surface area contributed by atoms with Crippen molar-refractivity contribution in [3.63, 3.8) is 0 Å². The highest BCUT2D eigenvalue weighted by molar-refractivity contribution is 7.90. The second-order valence-electron chi connectivity index (χ2n) is 7.73. The molecule has 4 rings (SSSR count). The Bertz CT molecular complexity index is 1340. The van der Waals surface area contributed by atoms with Crippen molar-refractivity contribution >= 4 is 32.9 Å². The van der Waals surface area contributed by atoms with Crippen LogP contribution < -0.4 is 5.32 Å². The summed E-state index contributed by atoms with van der Waals surface area (Å²) in [6.07, 6.45) is 1.15. The Morgan fingerprint density at radius 3 is 2.32 bits per heavy atom. The van der Waals surface area contributed by atoms with Crippen molar-refractivity contribution < 1.29 is 17.6 Å². The zero-order chi connectivity index (χ0) is 22.2. The van der Waals surface area contributed by atoms with Crippen LogP contribution in [0.1, 0.15) is 23.6 Å². The molecule has 1 atom stereocenters. The van der Waals surface area contributed by atoms with Crippen LogP contribution in [0, 0.1) is 6.92 Å². The third-order valence-electron chi connectivity index (χ3n) is 5.42. The molecule has 0 aliphatic carbocycles. The zero-order valence-corrected chi connectivity index (χ0v) is 18.2. The lowest BCUT2D eigenvalue weighted by atomic mass is 9.75. The first-order chi connectivity index (χ1) is 14.7. The minimum absolute atomic E-state index is 0.109. The number of aromatic nitrogens is 1. The van der Waals surface area contributed by atoms with E-state index in [0.29, 0.717) is 16.7 Å². The molecule has 0 saturated heterocycles. The van der Waals surface area contributed by atoms with Gasteiger partial charge in [0, 0.05) is 6.26 Å². The van der Waals surface area contributed by atoms with E-state index in [1.165, 1.54) is 12.1 Å². The summed E-state index contributed by atoms with van der Waals surface area (Å²) >= 11 is 0. The number of nitrogens with one attached hydrogen (secondary N) is 1. The van der Waals surface area contributed by atoms with E-state index in [2.05, 4.69) is 10.3 Å². The third-order valence-corrected chi connectivity index (χ3v) is 6.55. The summed E-state index contributed by atoms with van der Waals surface area (Å²) < 4.78 is 29.4. The quantitative estimate of drug-likeness (QED) is 0.500. The molecule has 0 aliphatic rings. The van der Waals surface area contributed by atoms with Crippen molar-refractivity contribution in [3.05, 3.63) is 89.5 Å². The van der Waals surface area contributed by atoms with Gasteiger partial charge in [0.25, 0.3) is 0 Å². The molecule has 0 saturated carbocycles. The maximum absolute atomic E-state index is 13.6. The van der Waals surface area contributed by atoms with Gasteiger partial charge in [-0.15, -0.1) is 0 Å². The standard InChI is InChI=1S/C24H22N2O4S/c1-16-7-6-8-18(15-16)24(2,17-11-13-19(14-12-17)31(3,28)29)22(27)26-23-25-20-9-4-5-10-21(20)30-23/h4-15H,1-3H3,(H,25,26,27). The smallest absolute Gasteiger partial charge is 0.302 e. The SMILES string of the molecule is Cc1cccc(C(C)(C(=O)Nc2nc3ccccc3o2)c2ccc(S(C)(=O)=O)cc2)c1. The number of aryl methyl sites for hydroxylation is 1. The van der Waals surface area contributed by atoms with Crippen molar-refractivity contribution in [1.82, 2.24) is 4.98 Å². The van der Waals surface area contributed by atoms with Crippen LogP contribution in [0.3, 0.4) is 0 Å². The topological polar surface area (TPSA) is 89.3 Å². The number of hydrogen-bond donors (Lipinski definition) is 1. The van der Waals surface area contributed by atoms with Gasteiger partial charge in [0.1, 0.15) is 5.52 Å². The van der Waals surface area contributed by atoms with E-state index in [1.54, 1.807) is 31.2 Å². The Morgan fingerprint density at radius 1 is 0.968 bits per heavy atom. The summed E-state index contributed by atoms with van der Waals surface area (Å²) in [6.45, 7) is 3.75. The normalized spacial score (nSPS) is 13.6. The predicted octanol–water partition coefficient (Wildman–Crippen LogP) is 4.48. The van der Waals surface area contributed by atoms with E-state index in [0.717, 1.165) is 17.4 Å². The molecule has 1 aromatic heterocycles. The highest BCUT2D eigenvalue weighted by Gasteiger charge is 2.38. The molecular formula is C24H22N2O4S. The van der Waals surface area contributed by atoms with Crippen LogP contribution in [0.25, 0.3) is 11.1 Å². The number of benzene rings is 3. The highest BCUT2D eigenvalue weighted by atomic mass is 32.2. The largest absolute Gasteiger partial charge is 0.423 e. The molecule has 4 aromatic rings. The van der Waals surface area contributed by atoms with Crippen molar-refractivity contribution in [2.45, 2.75) is 24.2 Å². The lowest BCUT2D eigenvalue weighted by Gasteiger charge is -2.29. The Kier molecular flexibility index (Phi) is 5.15. The first-order valence-electron chi connectivity index (χ1n) is 9.73.